The highest BCUT2D eigenvalue weighted by molar-refractivity contribution is 5.81. The van der Waals surface area contributed by atoms with Gasteiger partial charge in [0, 0.05) is 13.1 Å². The first-order valence-electron chi connectivity index (χ1n) is 7.10. The van der Waals surface area contributed by atoms with Gasteiger partial charge in [-0.05, 0) is 29.7 Å². The fourth-order valence-electron chi connectivity index (χ4n) is 2.76. The number of hydrogen-bond donors (Lipinski definition) is 0. The molecule has 0 spiro atoms. The second kappa shape index (κ2) is 5.63. The summed E-state index contributed by atoms with van der Waals surface area (Å²) in [5, 5.41) is 0. The van der Waals surface area contributed by atoms with Crippen molar-refractivity contribution in [3.8, 4) is 5.75 Å². The SMILES string of the molecule is COc1cc2c(cc1C=O)CN(C(=O)n1cc[n+](C)c1)CC2. The molecule has 6 heteroatoms. The second-order valence-corrected chi connectivity index (χ2v) is 5.42. The molecule has 1 aliphatic rings. The van der Waals surface area contributed by atoms with Gasteiger partial charge in [0.15, 0.2) is 6.29 Å². The van der Waals surface area contributed by atoms with Gasteiger partial charge in [-0.25, -0.2) is 9.36 Å². The number of aldehydes is 1. The van der Waals surface area contributed by atoms with Crippen molar-refractivity contribution >= 4 is 12.3 Å². The molecule has 1 aromatic carbocycles. The van der Waals surface area contributed by atoms with Gasteiger partial charge in [-0.2, -0.15) is 4.57 Å². The fraction of sp³-hybridized carbons (Fsp3) is 0.312. The number of amides is 1. The average Bonchev–Trinajstić information content (AvgIpc) is 2.98. The number of imidazole rings is 1. The molecule has 3 rings (SSSR count). The molecule has 114 valence electrons. The fourth-order valence-corrected chi connectivity index (χ4v) is 2.76. The Hall–Kier alpha value is -2.63. The van der Waals surface area contributed by atoms with Crippen molar-refractivity contribution in [2.45, 2.75) is 13.0 Å². The van der Waals surface area contributed by atoms with Crippen molar-refractivity contribution in [1.82, 2.24) is 9.47 Å². The molecular weight excluding hydrogens is 282 g/mol. The molecule has 0 saturated heterocycles. The molecule has 2 aromatic rings. The molecule has 0 radical (unpaired) electrons. The monoisotopic (exact) mass is 300 g/mol. The maximum absolute atomic E-state index is 12.5. The predicted molar refractivity (Wildman–Crippen MR) is 78.9 cm³/mol. The Balaban J connectivity index is 1.87. The van der Waals surface area contributed by atoms with Crippen molar-refractivity contribution < 1.29 is 18.9 Å². The Morgan fingerprint density at radius 3 is 2.82 bits per heavy atom. The first-order valence-corrected chi connectivity index (χ1v) is 7.10. The van der Waals surface area contributed by atoms with Gasteiger partial charge in [0.05, 0.1) is 19.7 Å². The minimum absolute atomic E-state index is 0.0604. The molecule has 0 saturated carbocycles. The zero-order valence-corrected chi connectivity index (χ0v) is 12.7. The molecule has 0 N–H and O–H groups in total. The summed E-state index contributed by atoms with van der Waals surface area (Å²) in [6.45, 7) is 1.15. The summed E-state index contributed by atoms with van der Waals surface area (Å²) >= 11 is 0. The minimum atomic E-state index is -0.0604. The number of rotatable bonds is 2. The second-order valence-electron chi connectivity index (χ2n) is 5.42. The molecule has 22 heavy (non-hydrogen) atoms. The van der Waals surface area contributed by atoms with Gasteiger partial charge in [-0.15, -0.1) is 0 Å². The Morgan fingerprint density at radius 2 is 2.18 bits per heavy atom. The van der Waals surface area contributed by atoms with Crippen molar-refractivity contribution in [3.63, 3.8) is 0 Å². The summed E-state index contributed by atoms with van der Waals surface area (Å²) in [7, 11) is 3.43. The molecule has 2 heterocycles. The molecule has 0 unspecified atom stereocenters. The zero-order valence-electron chi connectivity index (χ0n) is 12.7. The number of aromatic nitrogens is 2. The molecule has 1 aliphatic heterocycles. The number of aryl methyl sites for hydroxylation is 1. The standard InChI is InChI=1S/C16H18N3O3/c1-17-5-6-19(11-17)16(21)18-4-3-12-8-15(22-2)14(10-20)7-13(12)9-18/h5-8,10-11H,3-4,9H2,1-2H3/q+1. The molecule has 0 aliphatic carbocycles. The van der Waals surface area contributed by atoms with E-state index in [1.165, 1.54) is 0 Å². The third kappa shape index (κ3) is 2.47. The lowest BCUT2D eigenvalue weighted by atomic mass is 9.97. The van der Waals surface area contributed by atoms with Crippen LogP contribution >= 0.6 is 0 Å². The van der Waals surface area contributed by atoms with Crippen molar-refractivity contribution in [2.75, 3.05) is 13.7 Å². The number of fused-ring (bicyclic) bond motifs is 1. The van der Waals surface area contributed by atoms with Crippen LogP contribution in [-0.2, 0) is 20.0 Å². The van der Waals surface area contributed by atoms with E-state index in [1.807, 2.05) is 29.9 Å². The van der Waals surface area contributed by atoms with Gasteiger partial charge >= 0.3 is 6.03 Å². The van der Waals surface area contributed by atoms with Crippen LogP contribution in [0.25, 0.3) is 0 Å². The molecule has 0 fully saturated rings. The third-order valence-electron chi connectivity index (χ3n) is 3.95. The summed E-state index contributed by atoms with van der Waals surface area (Å²) < 4.78 is 8.62. The summed E-state index contributed by atoms with van der Waals surface area (Å²) in [6.07, 6.45) is 6.84. The zero-order chi connectivity index (χ0) is 15.7. The van der Waals surface area contributed by atoms with Crippen LogP contribution in [0.3, 0.4) is 0 Å². The predicted octanol–water partition coefficient (Wildman–Crippen LogP) is 1.16. The van der Waals surface area contributed by atoms with Crippen LogP contribution in [0.2, 0.25) is 0 Å². The van der Waals surface area contributed by atoms with E-state index in [-0.39, 0.29) is 6.03 Å². The molecule has 1 aromatic heterocycles. The van der Waals surface area contributed by atoms with Gasteiger partial charge < -0.3 is 4.74 Å². The molecule has 1 amide bonds. The Kier molecular flexibility index (Phi) is 3.66. The van der Waals surface area contributed by atoms with Crippen LogP contribution in [0.15, 0.2) is 30.9 Å². The van der Waals surface area contributed by atoms with Gasteiger partial charge in [-0.1, -0.05) is 0 Å². The Morgan fingerprint density at radius 1 is 1.36 bits per heavy atom. The van der Waals surface area contributed by atoms with E-state index in [4.69, 9.17) is 4.74 Å². The number of hydrogen-bond acceptors (Lipinski definition) is 3. The number of carbonyl (C=O) groups is 2. The molecule has 6 nitrogen and oxygen atoms in total. The highest BCUT2D eigenvalue weighted by Gasteiger charge is 2.26. The number of nitrogens with zero attached hydrogens (tertiary/aromatic N) is 3. The van der Waals surface area contributed by atoms with Crippen LogP contribution in [0, 0.1) is 0 Å². The van der Waals surface area contributed by atoms with E-state index in [9.17, 15) is 9.59 Å². The highest BCUT2D eigenvalue weighted by Crippen LogP contribution is 2.27. The molecular formula is C16H18N3O3+. The highest BCUT2D eigenvalue weighted by atomic mass is 16.5. The first-order chi connectivity index (χ1) is 10.6. The first kappa shape index (κ1) is 14.3. The number of benzene rings is 1. The smallest absolute Gasteiger partial charge is 0.416 e. The quantitative estimate of drug-likeness (QED) is 0.618. The normalized spacial score (nSPS) is 13.6. The van der Waals surface area contributed by atoms with E-state index in [1.54, 1.807) is 29.1 Å². The van der Waals surface area contributed by atoms with Crippen LogP contribution in [0.4, 0.5) is 4.79 Å². The summed E-state index contributed by atoms with van der Waals surface area (Å²) in [6, 6.07) is 3.65. The van der Waals surface area contributed by atoms with E-state index in [0.717, 1.165) is 23.8 Å². The number of ether oxygens (including phenoxy) is 1. The maximum atomic E-state index is 12.5. The van der Waals surface area contributed by atoms with Gasteiger partial charge in [0.25, 0.3) is 6.33 Å². The average molecular weight is 300 g/mol. The van der Waals surface area contributed by atoms with E-state index in [2.05, 4.69) is 0 Å². The maximum Gasteiger partial charge on any atom is 0.416 e. The largest absolute Gasteiger partial charge is 0.496 e. The van der Waals surface area contributed by atoms with Gasteiger partial charge in [0.1, 0.15) is 18.1 Å². The van der Waals surface area contributed by atoms with Gasteiger partial charge in [-0.3, -0.25) is 9.69 Å². The lowest BCUT2D eigenvalue weighted by molar-refractivity contribution is -0.670. The summed E-state index contributed by atoms with van der Waals surface area (Å²) in [5.74, 6) is 0.589. The van der Waals surface area contributed by atoms with Crippen molar-refractivity contribution in [2.24, 2.45) is 7.05 Å². The van der Waals surface area contributed by atoms with Crippen LogP contribution in [0.1, 0.15) is 21.5 Å². The minimum Gasteiger partial charge on any atom is -0.496 e. The van der Waals surface area contributed by atoms with Crippen LogP contribution < -0.4 is 9.30 Å². The third-order valence-corrected chi connectivity index (χ3v) is 3.95. The van der Waals surface area contributed by atoms with Crippen molar-refractivity contribution in [1.29, 1.82) is 0 Å². The van der Waals surface area contributed by atoms with Crippen molar-refractivity contribution in [3.05, 3.63) is 47.5 Å². The lowest BCUT2D eigenvalue weighted by Crippen LogP contribution is -2.39. The lowest BCUT2D eigenvalue weighted by Gasteiger charge is -2.27. The van der Waals surface area contributed by atoms with Gasteiger partial charge in [0.2, 0.25) is 0 Å². The summed E-state index contributed by atoms with van der Waals surface area (Å²) in [4.78, 5) is 25.4. The molecule has 0 bridgehead atoms. The van der Waals surface area contributed by atoms with E-state index >= 15 is 0 Å². The summed E-state index contributed by atoms with van der Waals surface area (Å²) in [5.41, 5.74) is 2.64. The Bertz CT molecular complexity index is 736. The van der Waals surface area contributed by atoms with Crippen LogP contribution in [-0.4, -0.2) is 35.4 Å². The number of methoxy groups -OCH3 is 1. The number of carbonyl (C=O) groups excluding carboxylic acids is 2. The van der Waals surface area contributed by atoms with Crippen LogP contribution in [0.5, 0.6) is 5.75 Å². The Labute approximate surface area is 128 Å². The topological polar surface area (TPSA) is 55.4 Å². The van der Waals surface area contributed by atoms with E-state index < -0.39 is 0 Å². The molecule has 0 atom stereocenters. The van der Waals surface area contributed by atoms with E-state index in [0.29, 0.717) is 24.4 Å².